The van der Waals surface area contributed by atoms with Gasteiger partial charge in [0.2, 0.25) is 0 Å². The number of anilines is 1. The number of hydrogen-bond acceptors (Lipinski definition) is 3. The average Bonchev–Trinajstić information content (AvgIpc) is 2.56. The minimum atomic E-state index is -0.331. The Balaban J connectivity index is 1.70. The Hall–Kier alpha value is -2.05. The molecule has 0 atom stereocenters. The molecule has 0 radical (unpaired) electrons. The Kier molecular flexibility index (Phi) is 7.28. The SMILES string of the molecule is CC(=O)c1cccc(NC(=O)NCCCOc2ccc(Br)cc2Cl)c1. The number of benzene rings is 2. The van der Waals surface area contributed by atoms with E-state index in [1.54, 1.807) is 36.4 Å². The number of carbonyl (C=O) groups excluding carboxylic acids is 2. The lowest BCUT2D eigenvalue weighted by Crippen LogP contribution is -2.30. The number of amides is 2. The molecule has 2 aromatic carbocycles. The Morgan fingerprint density at radius 3 is 2.72 bits per heavy atom. The van der Waals surface area contributed by atoms with Gasteiger partial charge in [0, 0.05) is 22.3 Å². The van der Waals surface area contributed by atoms with Crippen LogP contribution in [0.2, 0.25) is 5.02 Å². The van der Waals surface area contributed by atoms with Crippen LogP contribution in [0.5, 0.6) is 5.75 Å². The van der Waals surface area contributed by atoms with Crippen LogP contribution in [-0.2, 0) is 0 Å². The van der Waals surface area contributed by atoms with Gasteiger partial charge in [0.05, 0.1) is 11.6 Å². The molecule has 2 rings (SSSR count). The summed E-state index contributed by atoms with van der Waals surface area (Å²) >= 11 is 9.39. The van der Waals surface area contributed by atoms with Gasteiger partial charge in [0.15, 0.2) is 5.78 Å². The Morgan fingerprint density at radius 2 is 2.00 bits per heavy atom. The zero-order chi connectivity index (χ0) is 18.2. The molecule has 0 fully saturated rings. The van der Waals surface area contributed by atoms with Crippen LogP contribution in [0.25, 0.3) is 0 Å². The summed E-state index contributed by atoms with van der Waals surface area (Å²) in [6.45, 7) is 2.37. The highest BCUT2D eigenvalue weighted by atomic mass is 79.9. The van der Waals surface area contributed by atoms with E-state index in [4.69, 9.17) is 16.3 Å². The minimum absolute atomic E-state index is 0.0483. The summed E-state index contributed by atoms with van der Waals surface area (Å²) < 4.78 is 6.46. The summed E-state index contributed by atoms with van der Waals surface area (Å²) in [6, 6.07) is 11.9. The number of urea groups is 1. The van der Waals surface area contributed by atoms with Gasteiger partial charge < -0.3 is 15.4 Å². The second-order valence-electron chi connectivity index (χ2n) is 5.29. The van der Waals surface area contributed by atoms with E-state index < -0.39 is 0 Å². The maximum Gasteiger partial charge on any atom is 0.319 e. The zero-order valence-electron chi connectivity index (χ0n) is 13.6. The lowest BCUT2D eigenvalue weighted by molar-refractivity contribution is 0.101. The first-order valence-corrected chi connectivity index (χ1v) is 8.86. The number of ether oxygens (including phenoxy) is 1. The van der Waals surface area contributed by atoms with Gasteiger partial charge in [0.25, 0.3) is 0 Å². The van der Waals surface area contributed by atoms with Crippen molar-refractivity contribution in [2.75, 3.05) is 18.5 Å². The van der Waals surface area contributed by atoms with Crippen molar-refractivity contribution in [3.8, 4) is 5.75 Å². The highest BCUT2D eigenvalue weighted by Gasteiger charge is 2.05. The second-order valence-corrected chi connectivity index (χ2v) is 6.62. The molecule has 25 heavy (non-hydrogen) atoms. The number of carbonyl (C=O) groups is 2. The fraction of sp³-hybridized carbons (Fsp3) is 0.222. The predicted molar refractivity (Wildman–Crippen MR) is 103 cm³/mol. The number of hydrogen-bond donors (Lipinski definition) is 2. The molecule has 0 aliphatic heterocycles. The van der Waals surface area contributed by atoms with E-state index >= 15 is 0 Å². The topological polar surface area (TPSA) is 67.4 Å². The van der Waals surface area contributed by atoms with Gasteiger partial charge in [-0.05, 0) is 43.7 Å². The van der Waals surface area contributed by atoms with E-state index in [0.717, 1.165) is 4.47 Å². The van der Waals surface area contributed by atoms with Crippen molar-refractivity contribution < 1.29 is 14.3 Å². The van der Waals surface area contributed by atoms with E-state index in [0.29, 0.717) is 41.6 Å². The van der Waals surface area contributed by atoms with Crippen molar-refractivity contribution in [1.29, 1.82) is 0 Å². The molecule has 7 heteroatoms. The van der Waals surface area contributed by atoms with Crippen molar-refractivity contribution in [2.45, 2.75) is 13.3 Å². The van der Waals surface area contributed by atoms with Crippen LogP contribution in [0.3, 0.4) is 0 Å². The average molecular weight is 426 g/mol. The molecule has 0 bridgehead atoms. The monoisotopic (exact) mass is 424 g/mol. The highest BCUT2D eigenvalue weighted by Crippen LogP contribution is 2.27. The fourth-order valence-electron chi connectivity index (χ4n) is 2.04. The number of rotatable bonds is 7. The quantitative estimate of drug-likeness (QED) is 0.490. The molecule has 0 spiro atoms. The van der Waals surface area contributed by atoms with Crippen LogP contribution < -0.4 is 15.4 Å². The summed E-state index contributed by atoms with van der Waals surface area (Å²) in [5.41, 5.74) is 1.13. The largest absolute Gasteiger partial charge is 0.492 e. The molecule has 0 aliphatic carbocycles. The molecular weight excluding hydrogens is 408 g/mol. The molecule has 0 heterocycles. The predicted octanol–water partition coefficient (Wildman–Crippen LogP) is 4.90. The summed E-state index contributed by atoms with van der Waals surface area (Å²) in [5, 5.41) is 5.96. The Labute approximate surface area is 159 Å². The number of nitrogens with one attached hydrogen (secondary N) is 2. The third kappa shape index (κ3) is 6.40. The van der Waals surface area contributed by atoms with E-state index in [1.165, 1.54) is 6.92 Å². The van der Waals surface area contributed by atoms with Gasteiger partial charge in [-0.2, -0.15) is 0 Å². The number of Topliss-reactive ketones (excluding diaryl/α,β-unsaturated/α-hetero) is 1. The van der Waals surface area contributed by atoms with Gasteiger partial charge in [-0.15, -0.1) is 0 Å². The number of halogens is 2. The molecule has 5 nitrogen and oxygen atoms in total. The van der Waals surface area contributed by atoms with Crippen LogP contribution in [0.1, 0.15) is 23.7 Å². The van der Waals surface area contributed by atoms with Crippen molar-refractivity contribution in [1.82, 2.24) is 5.32 Å². The Morgan fingerprint density at radius 1 is 1.20 bits per heavy atom. The van der Waals surface area contributed by atoms with Crippen LogP contribution in [0.4, 0.5) is 10.5 Å². The van der Waals surface area contributed by atoms with Gasteiger partial charge in [0.1, 0.15) is 5.75 Å². The minimum Gasteiger partial charge on any atom is -0.492 e. The van der Waals surface area contributed by atoms with Crippen LogP contribution >= 0.6 is 27.5 Å². The van der Waals surface area contributed by atoms with E-state index in [1.807, 2.05) is 6.07 Å². The molecular formula is C18H18BrClN2O3. The lowest BCUT2D eigenvalue weighted by Gasteiger charge is -2.10. The zero-order valence-corrected chi connectivity index (χ0v) is 16.0. The smallest absolute Gasteiger partial charge is 0.319 e. The van der Waals surface area contributed by atoms with E-state index in [9.17, 15) is 9.59 Å². The molecule has 0 saturated heterocycles. The molecule has 2 aromatic rings. The van der Waals surface area contributed by atoms with E-state index in [2.05, 4.69) is 26.6 Å². The second kappa shape index (κ2) is 9.44. The van der Waals surface area contributed by atoms with Gasteiger partial charge >= 0.3 is 6.03 Å². The summed E-state index contributed by atoms with van der Waals surface area (Å²) in [7, 11) is 0. The Bertz CT molecular complexity index is 768. The van der Waals surface area contributed by atoms with Gasteiger partial charge in [-0.3, -0.25) is 4.79 Å². The van der Waals surface area contributed by atoms with Crippen LogP contribution in [0.15, 0.2) is 46.9 Å². The maximum atomic E-state index is 11.8. The molecule has 2 amide bonds. The van der Waals surface area contributed by atoms with Crippen molar-refractivity contribution in [3.63, 3.8) is 0 Å². The van der Waals surface area contributed by atoms with Crippen molar-refractivity contribution in [2.24, 2.45) is 0 Å². The maximum absolute atomic E-state index is 11.8. The van der Waals surface area contributed by atoms with Crippen molar-refractivity contribution in [3.05, 3.63) is 57.5 Å². The summed E-state index contributed by atoms with van der Waals surface area (Å²) in [6.07, 6.45) is 0.632. The molecule has 0 saturated carbocycles. The third-order valence-electron chi connectivity index (χ3n) is 3.29. The molecule has 0 aromatic heterocycles. The summed E-state index contributed by atoms with van der Waals surface area (Å²) in [5.74, 6) is 0.558. The molecule has 2 N–H and O–H groups in total. The van der Waals surface area contributed by atoms with Gasteiger partial charge in [-0.1, -0.05) is 39.7 Å². The van der Waals surface area contributed by atoms with Gasteiger partial charge in [-0.25, -0.2) is 4.79 Å². The van der Waals surface area contributed by atoms with E-state index in [-0.39, 0.29) is 11.8 Å². The first-order valence-electron chi connectivity index (χ1n) is 7.69. The van der Waals surface area contributed by atoms with Crippen LogP contribution in [0, 0.1) is 0 Å². The number of ketones is 1. The summed E-state index contributed by atoms with van der Waals surface area (Å²) in [4.78, 5) is 23.2. The lowest BCUT2D eigenvalue weighted by atomic mass is 10.1. The third-order valence-corrected chi connectivity index (χ3v) is 4.07. The molecule has 0 unspecified atom stereocenters. The van der Waals surface area contributed by atoms with Crippen molar-refractivity contribution >= 4 is 45.0 Å². The highest BCUT2D eigenvalue weighted by molar-refractivity contribution is 9.10. The van der Waals surface area contributed by atoms with Crippen LogP contribution in [-0.4, -0.2) is 25.0 Å². The first-order chi connectivity index (χ1) is 12.0. The molecule has 0 aliphatic rings. The standard InChI is InChI=1S/C18H18BrClN2O3/c1-12(23)13-4-2-5-15(10-13)22-18(24)21-8-3-9-25-17-7-6-14(19)11-16(17)20/h2,4-7,10-11H,3,8-9H2,1H3,(H2,21,22,24). The first kappa shape index (κ1) is 19.3. The normalized spacial score (nSPS) is 10.2. The molecule has 132 valence electrons. The fourth-order valence-corrected chi connectivity index (χ4v) is 2.77.